The Morgan fingerprint density at radius 1 is 1.18 bits per heavy atom. The van der Waals surface area contributed by atoms with E-state index in [9.17, 15) is 9.59 Å². The zero-order valence-corrected chi connectivity index (χ0v) is 13.9. The molecule has 1 aliphatic carbocycles. The summed E-state index contributed by atoms with van der Waals surface area (Å²) in [5, 5.41) is 2.91. The fraction of sp³-hybridized carbons (Fsp3) is 0.875. The predicted molar refractivity (Wildman–Crippen MR) is 82.5 cm³/mol. The molecule has 2 fully saturated rings. The number of ether oxygens (including phenoxy) is 2. The molecule has 2 rings (SSSR count). The van der Waals surface area contributed by atoms with Gasteiger partial charge in [-0.15, -0.1) is 0 Å². The van der Waals surface area contributed by atoms with Crippen LogP contribution in [0, 0.1) is 5.92 Å². The first-order valence-corrected chi connectivity index (χ1v) is 8.21. The van der Waals surface area contributed by atoms with E-state index in [-0.39, 0.29) is 17.9 Å². The summed E-state index contributed by atoms with van der Waals surface area (Å²) in [6, 6.07) is 0.0265. The molecular formula is C16H28N2O4. The molecule has 1 N–H and O–H groups in total. The molecule has 0 bridgehead atoms. The molecule has 1 saturated heterocycles. The van der Waals surface area contributed by atoms with Crippen LogP contribution in [0.25, 0.3) is 0 Å². The average Bonchev–Trinajstić information content (AvgIpc) is 2.45. The van der Waals surface area contributed by atoms with Gasteiger partial charge in [-0.1, -0.05) is 6.42 Å². The maximum atomic E-state index is 12.5. The lowest BCUT2D eigenvalue weighted by Crippen LogP contribution is -2.47. The number of amides is 2. The summed E-state index contributed by atoms with van der Waals surface area (Å²) in [5.41, 5.74) is -0.498. The SMILES string of the molecule is CC(C)(C)OC(=O)N[C@@H]1CCC[C@H](C(=O)N2CCOCC2)C1. The van der Waals surface area contributed by atoms with E-state index < -0.39 is 11.7 Å². The van der Waals surface area contributed by atoms with Crippen molar-refractivity contribution in [2.45, 2.75) is 58.1 Å². The minimum absolute atomic E-state index is 0.00628. The van der Waals surface area contributed by atoms with Gasteiger partial charge in [-0.3, -0.25) is 4.79 Å². The van der Waals surface area contributed by atoms with Crippen molar-refractivity contribution >= 4 is 12.0 Å². The van der Waals surface area contributed by atoms with Crippen LogP contribution in [0.2, 0.25) is 0 Å². The molecular weight excluding hydrogens is 284 g/mol. The van der Waals surface area contributed by atoms with E-state index in [2.05, 4.69) is 5.32 Å². The van der Waals surface area contributed by atoms with Crippen LogP contribution in [0.4, 0.5) is 4.79 Å². The van der Waals surface area contributed by atoms with Crippen LogP contribution in [0.3, 0.4) is 0 Å². The van der Waals surface area contributed by atoms with Crippen molar-refractivity contribution in [1.82, 2.24) is 10.2 Å². The largest absolute Gasteiger partial charge is 0.444 e. The van der Waals surface area contributed by atoms with Gasteiger partial charge in [0.05, 0.1) is 13.2 Å². The lowest BCUT2D eigenvalue weighted by Gasteiger charge is -2.34. The highest BCUT2D eigenvalue weighted by Crippen LogP contribution is 2.26. The van der Waals surface area contributed by atoms with Crippen molar-refractivity contribution in [2.75, 3.05) is 26.3 Å². The zero-order valence-electron chi connectivity index (χ0n) is 13.9. The van der Waals surface area contributed by atoms with Crippen LogP contribution in [-0.2, 0) is 14.3 Å². The van der Waals surface area contributed by atoms with Crippen molar-refractivity contribution in [2.24, 2.45) is 5.92 Å². The van der Waals surface area contributed by atoms with Crippen molar-refractivity contribution in [3.8, 4) is 0 Å². The Balaban J connectivity index is 1.83. The quantitative estimate of drug-likeness (QED) is 0.846. The van der Waals surface area contributed by atoms with Gasteiger partial charge in [0.1, 0.15) is 5.60 Å². The summed E-state index contributed by atoms with van der Waals surface area (Å²) in [6.07, 6.45) is 3.09. The first-order valence-electron chi connectivity index (χ1n) is 8.21. The summed E-state index contributed by atoms with van der Waals surface area (Å²) >= 11 is 0. The average molecular weight is 312 g/mol. The Hall–Kier alpha value is -1.30. The molecule has 1 aliphatic heterocycles. The number of carbonyl (C=O) groups excluding carboxylic acids is 2. The molecule has 1 saturated carbocycles. The lowest BCUT2D eigenvalue weighted by molar-refractivity contribution is -0.141. The second kappa shape index (κ2) is 7.31. The van der Waals surface area contributed by atoms with Crippen LogP contribution >= 0.6 is 0 Å². The fourth-order valence-corrected chi connectivity index (χ4v) is 3.06. The highest BCUT2D eigenvalue weighted by atomic mass is 16.6. The maximum Gasteiger partial charge on any atom is 0.407 e. The molecule has 126 valence electrons. The number of alkyl carbamates (subject to hydrolysis) is 1. The first-order chi connectivity index (χ1) is 10.3. The minimum atomic E-state index is -0.498. The fourth-order valence-electron chi connectivity index (χ4n) is 3.06. The van der Waals surface area contributed by atoms with E-state index in [1.165, 1.54) is 0 Å². The van der Waals surface area contributed by atoms with Crippen LogP contribution in [0.1, 0.15) is 46.5 Å². The number of morpholine rings is 1. The van der Waals surface area contributed by atoms with Crippen molar-refractivity contribution in [1.29, 1.82) is 0 Å². The maximum absolute atomic E-state index is 12.5. The number of nitrogens with one attached hydrogen (secondary N) is 1. The molecule has 0 aromatic rings. The highest BCUT2D eigenvalue weighted by molar-refractivity contribution is 5.79. The van der Waals surface area contributed by atoms with E-state index in [1.54, 1.807) is 0 Å². The van der Waals surface area contributed by atoms with Gasteiger partial charge in [-0.2, -0.15) is 0 Å². The summed E-state index contributed by atoms with van der Waals surface area (Å²) in [6.45, 7) is 8.14. The minimum Gasteiger partial charge on any atom is -0.444 e. The third kappa shape index (κ3) is 5.16. The zero-order chi connectivity index (χ0) is 16.2. The Bertz CT molecular complexity index is 399. The molecule has 22 heavy (non-hydrogen) atoms. The first kappa shape index (κ1) is 17.1. The van der Waals surface area contributed by atoms with Crippen LogP contribution in [0.15, 0.2) is 0 Å². The molecule has 0 aromatic heterocycles. The Morgan fingerprint density at radius 3 is 2.50 bits per heavy atom. The predicted octanol–water partition coefficient (Wildman–Crippen LogP) is 1.93. The van der Waals surface area contributed by atoms with Crippen molar-refractivity contribution in [3.63, 3.8) is 0 Å². The van der Waals surface area contributed by atoms with Gasteiger partial charge in [0.25, 0.3) is 0 Å². The van der Waals surface area contributed by atoms with E-state index in [1.807, 2.05) is 25.7 Å². The molecule has 0 aromatic carbocycles. The van der Waals surface area contributed by atoms with Gasteiger partial charge >= 0.3 is 6.09 Å². The van der Waals surface area contributed by atoms with E-state index >= 15 is 0 Å². The Labute approximate surface area is 132 Å². The molecule has 2 amide bonds. The van der Waals surface area contributed by atoms with Gasteiger partial charge in [-0.25, -0.2) is 4.79 Å². The van der Waals surface area contributed by atoms with Gasteiger partial charge in [0, 0.05) is 25.0 Å². The third-order valence-corrected chi connectivity index (χ3v) is 4.07. The number of nitrogens with zero attached hydrogens (tertiary/aromatic N) is 1. The lowest BCUT2D eigenvalue weighted by atomic mass is 9.84. The second-order valence-electron chi connectivity index (χ2n) is 7.14. The van der Waals surface area contributed by atoms with Crippen LogP contribution < -0.4 is 5.32 Å². The Morgan fingerprint density at radius 2 is 1.86 bits per heavy atom. The molecule has 6 heteroatoms. The molecule has 1 heterocycles. The van der Waals surface area contributed by atoms with Gasteiger partial charge in [0.15, 0.2) is 0 Å². The van der Waals surface area contributed by atoms with E-state index in [4.69, 9.17) is 9.47 Å². The molecule has 0 unspecified atom stereocenters. The monoisotopic (exact) mass is 312 g/mol. The topological polar surface area (TPSA) is 67.9 Å². The normalized spacial score (nSPS) is 26.4. The summed E-state index contributed by atoms with van der Waals surface area (Å²) in [5.74, 6) is 0.214. The molecule has 6 nitrogen and oxygen atoms in total. The number of hydrogen-bond acceptors (Lipinski definition) is 4. The standard InChI is InChI=1S/C16H28N2O4/c1-16(2,3)22-15(20)17-13-6-4-5-12(11-13)14(19)18-7-9-21-10-8-18/h12-13H,4-11H2,1-3H3,(H,17,20)/t12-,13+/m0/s1. The van der Waals surface area contributed by atoms with Gasteiger partial charge in [-0.05, 0) is 40.0 Å². The van der Waals surface area contributed by atoms with Crippen molar-refractivity contribution < 1.29 is 19.1 Å². The third-order valence-electron chi connectivity index (χ3n) is 4.07. The van der Waals surface area contributed by atoms with E-state index in [0.717, 1.165) is 19.3 Å². The number of rotatable bonds is 2. The molecule has 0 radical (unpaired) electrons. The Kier molecular flexibility index (Phi) is 5.67. The molecule has 2 aliphatic rings. The second-order valence-corrected chi connectivity index (χ2v) is 7.14. The number of hydrogen-bond donors (Lipinski definition) is 1. The van der Waals surface area contributed by atoms with Crippen molar-refractivity contribution in [3.05, 3.63) is 0 Å². The van der Waals surface area contributed by atoms with Crippen LogP contribution in [0.5, 0.6) is 0 Å². The summed E-state index contributed by atoms with van der Waals surface area (Å²) < 4.78 is 10.6. The van der Waals surface area contributed by atoms with Gasteiger partial charge in [0.2, 0.25) is 5.91 Å². The molecule has 0 spiro atoms. The van der Waals surface area contributed by atoms with Gasteiger partial charge < -0.3 is 19.7 Å². The highest BCUT2D eigenvalue weighted by Gasteiger charge is 2.32. The summed E-state index contributed by atoms with van der Waals surface area (Å²) in [4.78, 5) is 26.3. The molecule has 2 atom stereocenters. The summed E-state index contributed by atoms with van der Waals surface area (Å²) in [7, 11) is 0. The smallest absolute Gasteiger partial charge is 0.407 e. The van der Waals surface area contributed by atoms with Crippen LogP contribution in [-0.4, -0.2) is 54.8 Å². The number of carbonyl (C=O) groups is 2. The van der Waals surface area contributed by atoms with E-state index in [0.29, 0.717) is 32.7 Å².